The fourth-order valence-corrected chi connectivity index (χ4v) is 1.69. The van der Waals surface area contributed by atoms with E-state index in [-0.39, 0.29) is 12.4 Å². The van der Waals surface area contributed by atoms with Crippen LogP contribution in [0, 0.1) is 13.8 Å². The lowest BCUT2D eigenvalue weighted by molar-refractivity contribution is -0.139. The van der Waals surface area contributed by atoms with E-state index in [1.807, 2.05) is 26.0 Å². The van der Waals surface area contributed by atoms with Crippen LogP contribution in [0.5, 0.6) is 5.75 Å². The zero-order valence-electron chi connectivity index (χ0n) is 9.59. The van der Waals surface area contributed by atoms with Crippen LogP contribution in [-0.2, 0) is 16.0 Å². The summed E-state index contributed by atoms with van der Waals surface area (Å²) < 4.78 is 9.91. The Hall–Kier alpha value is -1.51. The smallest absolute Gasteiger partial charge is 0.310 e. The lowest BCUT2D eigenvalue weighted by atomic mass is 10.0. The lowest BCUT2D eigenvalue weighted by Gasteiger charge is -2.11. The molecule has 0 radical (unpaired) electrons. The molecule has 0 fully saturated rings. The number of rotatable bonds is 3. The summed E-state index contributed by atoms with van der Waals surface area (Å²) in [6.45, 7) is 3.96. The van der Waals surface area contributed by atoms with Gasteiger partial charge >= 0.3 is 5.97 Å². The molecule has 0 heterocycles. The molecule has 1 rings (SSSR count). The Morgan fingerprint density at radius 3 is 2.47 bits per heavy atom. The van der Waals surface area contributed by atoms with Crippen molar-refractivity contribution in [2.24, 2.45) is 0 Å². The fourth-order valence-electron chi connectivity index (χ4n) is 1.69. The first-order chi connectivity index (χ1) is 7.08. The highest BCUT2D eigenvalue weighted by atomic mass is 16.5. The largest absolute Gasteiger partial charge is 0.496 e. The number of aryl methyl sites for hydroxylation is 2. The van der Waals surface area contributed by atoms with Crippen LogP contribution in [0.3, 0.4) is 0 Å². The Morgan fingerprint density at radius 1 is 1.27 bits per heavy atom. The summed E-state index contributed by atoms with van der Waals surface area (Å²) in [6, 6.07) is 3.97. The Labute approximate surface area is 90.0 Å². The van der Waals surface area contributed by atoms with E-state index in [1.54, 1.807) is 7.11 Å². The number of esters is 1. The van der Waals surface area contributed by atoms with Crippen LogP contribution in [0.4, 0.5) is 0 Å². The maximum absolute atomic E-state index is 11.2. The van der Waals surface area contributed by atoms with Crippen LogP contribution in [0.1, 0.15) is 16.7 Å². The number of hydrogen-bond donors (Lipinski definition) is 0. The maximum Gasteiger partial charge on any atom is 0.310 e. The average molecular weight is 208 g/mol. The number of carbonyl (C=O) groups excluding carboxylic acids is 1. The van der Waals surface area contributed by atoms with Gasteiger partial charge in [0.25, 0.3) is 0 Å². The van der Waals surface area contributed by atoms with Crippen molar-refractivity contribution < 1.29 is 14.3 Å². The molecular weight excluding hydrogens is 192 g/mol. The summed E-state index contributed by atoms with van der Waals surface area (Å²) in [5, 5.41) is 0. The monoisotopic (exact) mass is 208 g/mol. The number of carbonyl (C=O) groups is 1. The zero-order valence-corrected chi connectivity index (χ0v) is 9.59. The third-order valence-corrected chi connectivity index (χ3v) is 2.26. The van der Waals surface area contributed by atoms with Crippen LogP contribution in [0.25, 0.3) is 0 Å². The lowest BCUT2D eigenvalue weighted by Crippen LogP contribution is -2.07. The molecule has 0 N–H and O–H groups in total. The molecule has 0 spiro atoms. The molecule has 3 heteroatoms. The average Bonchev–Trinajstić information content (AvgIpc) is 2.17. The van der Waals surface area contributed by atoms with E-state index in [0.717, 1.165) is 22.4 Å². The molecule has 0 saturated heterocycles. The van der Waals surface area contributed by atoms with Crippen molar-refractivity contribution in [2.45, 2.75) is 20.3 Å². The van der Waals surface area contributed by atoms with Gasteiger partial charge in [-0.1, -0.05) is 17.7 Å². The molecule has 15 heavy (non-hydrogen) atoms. The molecule has 0 bridgehead atoms. The summed E-state index contributed by atoms with van der Waals surface area (Å²) in [7, 11) is 3.00. The van der Waals surface area contributed by atoms with Gasteiger partial charge in [-0.2, -0.15) is 0 Å². The minimum atomic E-state index is -0.252. The van der Waals surface area contributed by atoms with Crippen LogP contribution < -0.4 is 4.74 Å². The third kappa shape index (κ3) is 2.72. The first-order valence-corrected chi connectivity index (χ1v) is 4.79. The second kappa shape index (κ2) is 4.82. The molecule has 0 aliphatic rings. The molecule has 0 atom stereocenters. The first-order valence-electron chi connectivity index (χ1n) is 4.79. The molecule has 0 saturated carbocycles. The molecule has 0 unspecified atom stereocenters. The maximum atomic E-state index is 11.2. The first kappa shape index (κ1) is 11.6. The van der Waals surface area contributed by atoms with E-state index in [9.17, 15) is 4.79 Å². The van der Waals surface area contributed by atoms with Gasteiger partial charge in [0.05, 0.1) is 20.6 Å². The summed E-state index contributed by atoms with van der Waals surface area (Å²) in [4.78, 5) is 11.2. The van der Waals surface area contributed by atoms with Gasteiger partial charge in [-0.25, -0.2) is 0 Å². The summed E-state index contributed by atoms with van der Waals surface area (Å²) in [6.07, 6.45) is 0.252. The van der Waals surface area contributed by atoms with E-state index in [4.69, 9.17) is 4.74 Å². The quantitative estimate of drug-likeness (QED) is 0.713. The van der Waals surface area contributed by atoms with Crippen LogP contribution in [-0.4, -0.2) is 20.2 Å². The van der Waals surface area contributed by atoms with Crippen molar-refractivity contribution in [2.75, 3.05) is 14.2 Å². The predicted octanol–water partition coefficient (Wildman–Crippen LogP) is 2.03. The topological polar surface area (TPSA) is 35.5 Å². The van der Waals surface area contributed by atoms with Crippen molar-refractivity contribution in [1.82, 2.24) is 0 Å². The SMILES string of the molecule is COC(=O)Cc1cc(C)cc(C)c1OC. The number of methoxy groups -OCH3 is 2. The Bertz CT molecular complexity index is 369. The Balaban J connectivity index is 3.09. The molecule has 0 aliphatic heterocycles. The summed E-state index contributed by atoms with van der Waals surface area (Å²) in [5.74, 6) is 0.518. The van der Waals surface area contributed by atoms with Crippen molar-refractivity contribution in [3.8, 4) is 5.75 Å². The van der Waals surface area contributed by atoms with E-state index in [2.05, 4.69) is 4.74 Å². The zero-order chi connectivity index (χ0) is 11.4. The van der Waals surface area contributed by atoms with E-state index < -0.39 is 0 Å². The Morgan fingerprint density at radius 2 is 1.93 bits per heavy atom. The standard InChI is InChI=1S/C12H16O3/c1-8-5-9(2)12(15-4)10(6-8)7-11(13)14-3/h5-6H,7H2,1-4H3. The minimum Gasteiger partial charge on any atom is -0.496 e. The van der Waals surface area contributed by atoms with Gasteiger partial charge < -0.3 is 9.47 Å². The summed E-state index contributed by atoms with van der Waals surface area (Å²) >= 11 is 0. The van der Waals surface area contributed by atoms with Gasteiger partial charge in [0, 0.05) is 5.56 Å². The van der Waals surface area contributed by atoms with Gasteiger partial charge in [-0.15, -0.1) is 0 Å². The minimum absolute atomic E-state index is 0.252. The number of hydrogen-bond acceptors (Lipinski definition) is 3. The normalized spacial score (nSPS) is 9.87. The second-order valence-electron chi connectivity index (χ2n) is 3.53. The van der Waals surface area contributed by atoms with E-state index in [0.29, 0.717) is 0 Å². The van der Waals surface area contributed by atoms with Gasteiger partial charge in [0.15, 0.2) is 0 Å². The molecule has 0 amide bonds. The van der Waals surface area contributed by atoms with Crippen molar-refractivity contribution >= 4 is 5.97 Å². The van der Waals surface area contributed by atoms with E-state index in [1.165, 1.54) is 7.11 Å². The van der Waals surface area contributed by atoms with Crippen LogP contribution in [0.15, 0.2) is 12.1 Å². The van der Waals surface area contributed by atoms with Crippen molar-refractivity contribution in [3.63, 3.8) is 0 Å². The van der Waals surface area contributed by atoms with Gasteiger partial charge in [-0.05, 0) is 19.4 Å². The van der Waals surface area contributed by atoms with Crippen molar-refractivity contribution in [1.29, 1.82) is 0 Å². The highest BCUT2D eigenvalue weighted by molar-refractivity contribution is 5.73. The molecule has 1 aromatic rings. The Kier molecular flexibility index (Phi) is 3.72. The fraction of sp³-hybridized carbons (Fsp3) is 0.417. The number of ether oxygens (including phenoxy) is 2. The summed E-state index contributed by atoms with van der Waals surface area (Å²) in [5.41, 5.74) is 3.03. The van der Waals surface area contributed by atoms with Gasteiger partial charge in [-0.3, -0.25) is 4.79 Å². The van der Waals surface area contributed by atoms with Crippen LogP contribution >= 0.6 is 0 Å². The van der Waals surface area contributed by atoms with Crippen LogP contribution in [0.2, 0.25) is 0 Å². The molecule has 0 aromatic heterocycles. The van der Waals surface area contributed by atoms with Gasteiger partial charge in [0.2, 0.25) is 0 Å². The molecule has 3 nitrogen and oxygen atoms in total. The highest BCUT2D eigenvalue weighted by Gasteiger charge is 2.11. The molecular formula is C12H16O3. The predicted molar refractivity (Wildman–Crippen MR) is 58.2 cm³/mol. The highest BCUT2D eigenvalue weighted by Crippen LogP contribution is 2.25. The third-order valence-electron chi connectivity index (χ3n) is 2.26. The molecule has 82 valence electrons. The van der Waals surface area contributed by atoms with Gasteiger partial charge in [0.1, 0.15) is 5.75 Å². The van der Waals surface area contributed by atoms with Crippen molar-refractivity contribution in [3.05, 3.63) is 28.8 Å². The second-order valence-corrected chi connectivity index (χ2v) is 3.53. The molecule has 1 aromatic carbocycles. The van der Waals surface area contributed by atoms with E-state index >= 15 is 0 Å². The molecule has 0 aliphatic carbocycles. The number of benzene rings is 1.